The molecule has 1 N–H and O–H groups in total. The number of fused-ring (bicyclic) bond motifs is 1. The highest BCUT2D eigenvalue weighted by atomic mass is 32.2. The van der Waals surface area contributed by atoms with Crippen LogP contribution >= 0.6 is 11.8 Å². The maximum atomic E-state index is 3.86. The maximum Gasteiger partial charge on any atom is 0.0323 e. The Morgan fingerprint density at radius 2 is 2.05 bits per heavy atom. The molecule has 2 aliphatic rings. The molecule has 1 aliphatic heterocycles. The average molecular weight is 289 g/mol. The first kappa shape index (κ1) is 14.5. The summed E-state index contributed by atoms with van der Waals surface area (Å²) in [5, 5.41) is 4.70. The van der Waals surface area contributed by atoms with E-state index in [0.29, 0.717) is 11.5 Å². The molecule has 2 unspecified atom stereocenters. The minimum atomic E-state index is 0.342. The first-order chi connectivity index (χ1) is 9.67. The predicted octanol–water partition coefficient (Wildman–Crippen LogP) is 4.67. The Morgan fingerprint density at radius 1 is 1.20 bits per heavy atom. The van der Waals surface area contributed by atoms with Crippen molar-refractivity contribution in [1.82, 2.24) is 5.32 Å². The van der Waals surface area contributed by atoms with Crippen LogP contribution in [0.5, 0.6) is 0 Å². The van der Waals surface area contributed by atoms with Gasteiger partial charge in [-0.15, -0.1) is 0 Å². The van der Waals surface area contributed by atoms with Crippen molar-refractivity contribution in [3.05, 3.63) is 35.4 Å². The number of hydrogen-bond donors (Lipinski definition) is 1. The molecule has 1 aromatic rings. The van der Waals surface area contributed by atoms with Gasteiger partial charge in [-0.2, -0.15) is 11.8 Å². The summed E-state index contributed by atoms with van der Waals surface area (Å²) in [6.07, 6.45) is 6.81. The molecule has 1 aliphatic carbocycles. The molecule has 0 radical (unpaired) electrons. The van der Waals surface area contributed by atoms with Gasteiger partial charge in [0.1, 0.15) is 0 Å². The molecule has 0 saturated carbocycles. The van der Waals surface area contributed by atoms with Gasteiger partial charge >= 0.3 is 0 Å². The zero-order valence-corrected chi connectivity index (χ0v) is 13.6. The Kier molecular flexibility index (Phi) is 4.42. The van der Waals surface area contributed by atoms with Crippen molar-refractivity contribution in [2.24, 2.45) is 0 Å². The van der Waals surface area contributed by atoms with Gasteiger partial charge in [-0.05, 0) is 48.0 Å². The molecule has 1 aromatic carbocycles. The van der Waals surface area contributed by atoms with Crippen LogP contribution in [0.15, 0.2) is 24.3 Å². The lowest BCUT2D eigenvalue weighted by atomic mass is 9.71. The van der Waals surface area contributed by atoms with Crippen molar-refractivity contribution in [3.8, 4) is 0 Å². The van der Waals surface area contributed by atoms with Crippen LogP contribution in [0, 0.1) is 0 Å². The second kappa shape index (κ2) is 6.11. The van der Waals surface area contributed by atoms with Crippen LogP contribution in [-0.2, 0) is 5.41 Å². The van der Waals surface area contributed by atoms with Crippen LogP contribution in [0.4, 0.5) is 0 Å². The Bertz CT molecular complexity index is 448. The Hall–Kier alpha value is -0.470. The quantitative estimate of drug-likeness (QED) is 0.867. The van der Waals surface area contributed by atoms with Gasteiger partial charge in [0.25, 0.3) is 0 Å². The number of benzene rings is 1. The lowest BCUT2D eigenvalue weighted by molar-refractivity contribution is 0.357. The number of hydrogen-bond acceptors (Lipinski definition) is 2. The fourth-order valence-electron chi connectivity index (χ4n) is 3.67. The second-order valence-electron chi connectivity index (χ2n) is 6.96. The van der Waals surface area contributed by atoms with Crippen molar-refractivity contribution in [3.63, 3.8) is 0 Å². The van der Waals surface area contributed by atoms with Gasteiger partial charge in [0, 0.05) is 17.8 Å². The largest absolute Gasteiger partial charge is 0.309 e. The SMILES string of the molecule is CC1(C)CCC(NCC2CCCCS2)c2ccccc21. The number of rotatable bonds is 3. The maximum absolute atomic E-state index is 3.86. The molecule has 110 valence electrons. The Labute approximate surface area is 127 Å². The minimum absolute atomic E-state index is 0.342. The first-order valence-corrected chi connectivity index (χ1v) is 9.16. The Morgan fingerprint density at radius 3 is 2.85 bits per heavy atom. The van der Waals surface area contributed by atoms with E-state index in [2.05, 4.69) is 55.2 Å². The highest BCUT2D eigenvalue weighted by molar-refractivity contribution is 7.99. The van der Waals surface area contributed by atoms with Gasteiger partial charge in [-0.1, -0.05) is 44.5 Å². The van der Waals surface area contributed by atoms with Gasteiger partial charge in [-0.3, -0.25) is 0 Å². The fourth-order valence-corrected chi connectivity index (χ4v) is 4.92. The van der Waals surface area contributed by atoms with E-state index in [1.165, 1.54) is 44.4 Å². The summed E-state index contributed by atoms with van der Waals surface area (Å²) in [5.41, 5.74) is 3.44. The predicted molar refractivity (Wildman–Crippen MR) is 89.5 cm³/mol. The van der Waals surface area contributed by atoms with E-state index in [0.717, 1.165) is 5.25 Å². The third-order valence-corrected chi connectivity index (χ3v) is 6.39. The second-order valence-corrected chi connectivity index (χ2v) is 8.37. The summed E-state index contributed by atoms with van der Waals surface area (Å²) >= 11 is 2.17. The number of thioether (sulfide) groups is 1. The van der Waals surface area contributed by atoms with E-state index in [4.69, 9.17) is 0 Å². The van der Waals surface area contributed by atoms with E-state index < -0.39 is 0 Å². The molecule has 1 heterocycles. The van der Waals surface area contributed by atoms with E-state index in [1.54, 1.807) is 11.1 Å². The third kappa shape index (κ3) is 3.07. The molecule has 1 saturated heterocycles. The fraction of sp³-hybridized carbons (Fsp3) is 0.667. The van der Waals surface area contributed by atoms with E-state index in [1.807, 2.05) is 0 Å². The standard InChI is InChI=1S/C18H27NS/c1-18(2)11-10-17(15-8-3-4-9-16(15)18)19-13-14-7-5-6-12-20-14/h3-4,8-9,14,17,19H,5-7,10-13H2,1-2H3. The summed E-state index contributed by atoms with van der Waals surface area (Å²) in [4.78, 5) is 0. The van der Waals surface area contributed by atoms with Gasteiger partial charge < -0.3 is 5.32 Å². The molecule has 20 heavy (non-hydrogen) atoms. The van der Waals surface area contributed by atoms with Crippen LogP contribution in [0.25, 0.3) is 0 Å². The third-order valence-electron chi connectivity index (χ3n) is 4.99. The Balaban J connectivity index is 1.68. The van der Waals surface area contributed by atoms with Crippen LogP contribution in [0.3, 0.4) is 0 Å². The highest BCUT2D eigenvalue weighted by Gasteiger charge is 2.32. The van der Waals surface area contributed by atoms with Crippen molar-refractivity contribution in [1.29, 1.82) is 0 Å². The van der Waals surface area contributed by atoms with Gasteiger partial charge in [0.05, 0.1) is 0 Å². The van der Waals surface area contributed by atoms with Crippen molar-refractivity contribution >= 4 is 11.8 Å². The summed E-state index contributed by atoms with van der Waals surface area (Å²) in [6.45, 7) is 5.96. The first-order valence-electron chi connectivity index (χ1n) is 8.11. The van der Waals surface area contributed by atoms with Crippen molar-refractivity contribution in [2.45, 2.75) is 62.7 Å². The molecule has 1 fully saturated rings. The highest BCUT2D eigenvalue weighted by Crippen LogP contribution is 2.41. The van der Waals surface area contributed by atoms with E-state index in [-0.39, 0.29) is 0 Å². The van der Waals surface area contributed by atoms with Crippen LogP contribution in [0.1, 0.15) is 63.1 Å². The van der Waals surface area contributed by atoms with Crippen LogP contribution < -0.4 is 5.32 Å². The molecule has 0 aromatic heterocycles. The molecular weight excluding hydrogens is 262 g/mol. The van der Waals surface area contributed by atoms with Gasteiger partial charge in [0.15, 0.2) is 0 Å². The summed E-state index contributed by atoms with van der Waals surface area (Å²) in [7, 11) is 0. The van der Waals surface area contributed by atoms with E-state index >= 15 is 0 Å². The molecule has 3 rings (SSSR count). The topological polar surface area (TPSA) is 12.0 Å². The van der Waals surface area contributed by atoms with Gasteiger partial charge in [-0.25, -0.2) is 0 Å². The summed E-state index contributed by atoms with van der Waals surface area (Å²) < 4.78 is 0. The van der Waals surface area contributed by atoms with Crippen LogP contribution in [0.2, 0.25) is 0 Å². The molecule has 0 spiro atoms. The monoisotopic (exact) mass is 289 g/mol. The van der Waals surface area contributed by atoms with E-state index in [9.17, 15) is 0 Å². The molecule has 2 heteroatoms. The minimum Gasteiger partial charge on any atom is -0.309 e. The number of nitrogens with one attached hydrogen (secondary N) is 1. The summed E-state index contributed by atoms with van der Waals surface area (Å²) in [5.74, 6) is 1.36. The normalized spacial score (nSPS) is 28.9. The van der Waals surface area contributed by atoms with Crippen molar-refractivity contribution < 1.29 is 0 Å². The molecule has 2 atom stereocenters. The summed E-state index contributed by atoms with van der Waals surface area (Å²) in [6, 6.07) is 9.63. The zero-order chi connectivity index (χ0) is 14.0. The van der Waals surface area contributed by atoms with Crippen molar-refractivity contribution in [2.75, 3.05) is 12.3 Å². The van der Waals surface area contributed by atoms with Gasteiger partial charge in [0.2, 0.25) is 0 Å². The lowest BCUT2D eigenvalue weighted by Crippen LogP contribution is -2.36. The average Bonchev–Trinajstić information content (AvgIpc) is 2.48. The van der Waals surface area contributed by atoms with Crippen LogP contribution in [-0.4, -0.2) is 17.5 Å². The smallest absolute Gasteiger partial charge is 0.0323 e. The zero-order valence-electron chi connectivity index (χ0n) is 12.8. The lowest BCUT2D eigenvalue weighted by Gasteiger charge is -2.38. The molecule has 0 bridgehead atoms. The molecule has 0 amide bonds. The molecular formula is C18H27NS. The molecule has 1 nitrogen and oxygen atoms in total.